The number of nitrogens with zero attached hydrogens (tertiary/aromatic N) is 4. The van der Waals surface area contributed by atoms with Crippen molar-refractivity contribution in [3.63, 3.8) is 0 Å². The highest BCUT2D eigenvalue weighted by Crippen LogP contribution is 2.30. The van der Waals surface area contributed by atoms with Gasteiger partial charge >= 0.3 is 0 Å². The zero-order valence-corrected chi connectivity index (χ0v) is 13.2. The first-order valence-corrected chi connectivity index (χ1v) is 7.43. The predicted molar refractivity (Wildman–Crippen MR) is 88.4 cm³/mol. The van der Waals surface area contributed by atoms with Crippen molar-refractivity contribution < 1.29 is 0 Å². The second-order valence-electron chi connectivity index (χ2n) is 6.74. The van der Waals surface area contributed by atoms with Gasteiger partial charge in [0, 0.05) is 23.3 Å². The Bertz CT molecular complexity index is 791. The Hall–Kier alpha value is -2.43. The Morgan fingerprint density at radius 3 is 2.91 bits per heavy atom. The van der Waals surface area contributed by atoms with Crippen LogP contribution >= 0.6 is 0 Å². The van der Waals surface area contributed by atoms with Gasteiger partial charge in [-0.2, -0.15) is 5.10 Å². The average Bonchev–Trinajstić information content (AvgIpc) is 3.12. The standard InChI is InChI=1S/C17H21N5/c1-5-13(8-17(2,3)4)22-10-12(9-21-22)15-14-6-7-18-16(14)20-11-19-15/h5-7,9-11,13H,1,8H2,2-4H3,(H,18,19,20). The maximum absolute atomic E-state index is 4.51. The third-order valence-electron chi connectivity index (χ3n) is 3.66. The lowest BCUT2D eigenvalue weighted by atomic mass is 9.88. The minimum Gasteiger partial charge on any atom is -0.346 e. The summed E-state index contributed by atoms with van der Waals surface area (Å²) in [4.78, 5) is 11.7. The molecular weight excluding hydrogens is 274 g/mol. The zero-order valence-electron chi connectivity index (χ0n) is 13.2. The van der Waals surface area contributed by atoms with Gasteiger partial charge in [0.2, 0.25) is 0 Å². The molecule has 0 aliphatic heterocycles. The van der Waals surface area contributed by atoms with Gasteiger partial charge in [-0.25, -0.2) is 9.97 Å². The molecule has 0 saturated heterocycles. The molecule has 3 aromatic heterocycles. The Morgan fingerprint density at radius 2 is 2.18 bits per heavy atom. The topological polar surface area (TPSA) is 59.4 Å². The molecule has 3 rings (SSSR count). The van der Waals surface area contributed by atoms with E-state index >= 15 is 0 Å². The van der Waals surface area contributed by atoms with E-state index in [1.807, 2.05) is 35.4 Å². The number of H-pyrrole nitrogens is 1. The first-order chi connectivity index (χ1) is 10.5. The Kier molecular flexibility index (Phi) is 3.56. The van der Waals surface area contributed by atoms with Crippen LogP contribution in [0.4, 0.5) is 0 Å². The van der Waals surface area contributed by atoms with Crippen LogP contribution in [-0.2, 0) is 0 Å². The van der Waals surface area contributed by atoms with E-state index in [4.69, 9.17) is 0 Å². The van der Waals surface area contributed by atoms with Crippen LogP contribution in [0, 0.1) is 5.41 Å². The minimum atomic E-state index is 0.178. The van der Waals surface area contributed by atoms with Gasteiger partial charge < -0.3 is 4.98 Å². The molecule has 3 aromatic rings. The molecule has 0 aliphatic carbocycles. The molecule has 0 saturated carbocycles. The molecule has 0 radical (unpaired) electrons. The molecule has 3 heterocycles. The number of rotatable bonds is 4. The van der Waals surface area contributed by atoms with Crippen LogP contribution in [0.2, 0.25) is 0 Å². The quantitative estimate of drug-likeness (QED) is 0.740. The van der Waals surface area contributed by atoms with Crippen molar-refractivity contribution in [1.82, 2.24) is 24.7 Å². The van der Waals surface area contributed by atoms with Crippen molar-refractivity contribution >= 4 is 11.0 Å². The summed E-state index contributed by atoms with van der Waals surface area (Å²) in [5.74, 6) is 0. The van der Waals surface area contributed by atoms with E-state index < -0.39 is 0 Å². The van der Waals surface area contributed by atoms with Crippen molar-refractivity contribution in [3.8, 4) is 11.3 Å². The molecule has 5 nitrogen and oxygen atoms in total. The summed E-state index contributed by atoms with van der Waals surface area (Å²) in [5, 5.41) is 5.52. The van der Waals surface area contributed by atoms with E-state index in [0.29, 0.717) is 0 Å². The van der Waals surface area contributed by atoms with Crippen molar-refractivity contribution in [2.45, 2.75) is 33.2 Å². The lowest BCUT2D eigenvalue weighted by Crippen LogP contribution is -2.16. The molecule has 1 atom stereocenters. The van der Waals surface area contributed by atoms with E-state index in [9.17, 15) is 0 Å². The number of aromatic nitrogens is 5. The third kappa shape index (κ3) is 2.79. The Labute approximate surface area is 130 Å². The third-order valence-corrected chi connectivity index (χ3v) is 3.66. The van der Waals surface area contributed by atoms with E-state index in [-0.39, 0.29) is 11.5 Å². The molecule has 1 unspecified atom stereocenters. The Balaban J connectivity index is 1.96. The van der Waals surface area contributed by atoms with E-state index in [0.717, 1.165) is 28.7 Å². The van der Waals surface area contributed by atoms with Crippen LogP contribution < -0.4 is 0 Å². The fraction of sp³-hybridized carbons (Fsp3) is 0.353. The molecule has 22 heavy (non-hydrogen) atoms. The first-order valence-electron chi connectivity index (χ1n) is 7.43. The summed E-state index contributed by atoms with van der Waals surface area (Å²) in [6.45, 7) is 10.6. The summed E-state index contributed by atoms with van der Waals surface area (Å²) < 4.78 is 1.97. The van der Waals surface area contributed by atoms with Gasteiger partial charge in [-0.1, -0.05) is 26.8 Å². The average molecular weight is 295 g/mol. The number of hydrogen-bond donors (Lipinski definition) is 1. The van der Waals surface area contributed by atoms with E-state index in [2.05, 4.69) is 47.4 Å². The summed E-state index contributed by atoms with van der Waals surface area (Å²) in [6.07, 6.45) is 10.3. The largest absolute Gasteiger partial charge is 0.346 e. The maximum Gasteiger partial charge on any atom is 0.141 e. The van der Waals surface area contributed by atoms with Crippen LogP contribution in [0.5, 0.6) is 0 Å². The molecule has 0 fully saturated rings. The lowest BCUT2D eigenvalue weighted by Gasteiger charge is -2.23. The second kappa shape index (κ2) is 5.40. The van der Waals surface area contributed by atoms with Crippen molar-refractivity contribution in [2.24, 2.45) is 5.41 Å². The number of hydrogen-bond acceptors (Lipinski definition) is 3. The molecule has 0 aromatic carbocycles. The van der Waals surface area contributed by atoms with Crippen LogP contribution in [0.1, 0.15) is 33.2 Å². The summed E-state index contributed by atoms with van der Waals surface area (Å²) in [7, 11) is 0. The van der Waals surface area contributed by atoms with Crippen molar-refractivity contribution in [2.75, 3.05) is 0 Å². The van der Waals surface area contributed by atoms with Crippen molar-refractivity contribution in [1.29, 1.82) is 0 Å². The molecule has 1 N–H and O–H groups in total. The number of fused-ring (bicyclic) bond motifs is 1. The van der Waals surface area contributed by atoms with Gasteiger partial charge in [0.1, 0.15) is 12.0 Å². The van der Waals surface area contributed by atoms with Crippen LogP contribution in [-0.4, -0.2) is 24.7 Å². The van der Waals surface area contributed by atoms with Gasteiger partial charge in [0.25, 0.3) is 0 Å². The van der Waals surface area contributed by atoms with Crippen LogP contribution in [0.15, 0.2) is 43.6 Å². The van der Waals surface area contributed by atoms with Gasteiger partial charge in [-0.05, 0) is 17.9 Å². The van der Waals surface area contributed by atoms with Crippen molar-refractivity contribution in [3.05, 3.63) is 43.6 Å². The minimum absolute atomic E-state index is 0.178. The molecule has 0 bridgehead atoms. The number of allylic oxidation sites excluding steroid dienone is 1. The second-order valence-corrected chi connectivity index (χ2v) is 6.74. The normalized spacial score (nSPS) is 13.4. The molecule has 114 valence electrons. The summed E-state index contributed by atoms with van der Waals surface area (Å²) in [5.41, 5.74) is 2.95. The van der Waals surface area contributed by atoms with Gasteiger partial charge in [-0.15, -0.1) is 6.58 Å². The molecule has 0 spiro atoms. The van der Waals surface area contributed by atoms with E-state index in [1.54, 1.807) is 6.33 Å². The van der Waals surface area contributed by atoms with E-state index in [1.165, 1.54) is 0 Å². The fourth-order valence-electron chi connectivity index (χ4n) is 2.66. The molecule has 0 aliphatic rings. The van der Waals surface area contributed by atoms with Gasteiger partial charge in [0.05, 0.1) is 17.9 Å². The molecule has 0 amide bonds. The maximum atomic E-state index is 4.51. The van der Waals surface area contributed by atoms with Gasteiger partial charge in [-0.3, -0.25) is 4.68 Å². The SMILES string of the molecule is C=CC(CC(C)(C)C)n1cc(-c2ncnc3[nH]ccc23)cn1. The number of aromatic amines is 1. The molecular formula is C17H21N5. The number of nitrogens with one attached hydrogen (secondary N) is 1. The predicted octanol–water partition coefficient (Wildman–Crippen LogP) is 3.98. The van der Waals surface area contributed by atoms with Crippen LogP contribution in [0.25, 0.3) is 22.3 Å². The summed E-state index contributed by atoms with van der Waals surface area (Å²) >= 11 is 0. The van der Waals surface area contributed by atoms with Crippen LogP contribution in [0.3, 0.4) is 0 Å². The zero-order chi connectivity index (χ0) is 15.7. The van der Waals surface area contributed by atoms with Gasteiger partial charge in [0.15, 0.2) is 0 Å². The summed E-state index contributed by atoms with van der Waals surface area (Å²) in [6, 6.07) is 2.17. The Morgan fingerprint density at radius 1 is 1.36 bits per heavy atom. The highest BCUT2D eigenvalue weighted by atomic mass is 15.3. The lowest BCUT2D eigenvalue weighted by molar-refractivity contribution is 0.312. The monoisotopic (exact) mass is 295 g/mol. The highest BCUT2D eigenvalue weighted by Gasteiger charge is 2.19. The first kappa shape index (κ1) is 14.5. The smallest absolute Gasteiger partial charge is 0.141 e. The highest BCUT2D eigenvalue weighted by molar-refractivity contribution is 5.89. The fourth-order valence-corrected chi connectivity index (χ4v) is 2.66. The molecule has 5 heteroatoms.